The van der Waals surface area contributed by atoms with E-state index in [0.717, 1.165) is 11.1 Å². The van der Waals surface area contributed by atoms with Gasteiger partial charge in [-0.05, 0) is 42.3 Å². The molecule has 4 rings (SSSR count). The molecule has 150 valence electrons. The number of nitrogens with zero attached hydrogens (tertiary/aromatic N) is 2. The van der Waals surface area contributed by atoms with Crippen LogP contribution in [-0.4, -0.2) is 21.8 Å². The average molecular weight is 402 g/mol. The van der Waals surface area contributed by atoms with Crippen LogP contribution in [0.1, 0.15) is 23.5 Å². The van der Waals surface area contributed by atoms with Gasteiger partial charge in [-0.1, -0.05) is 24.3 Å². The van der Waals surface area contributed by atoms with Crippen LogP contribution in [0.25, 0.3) is 11.4 Å². The first-order valence-corrected chi connectivity index (χ1v) is 9.45. The number of aromatic nitrogens is 2. The molecule has 0 radical (unpaired) electrons. The zero-order valence-electron chi connectivity index (χ0n) is 16.2. The van der Waals surface area contributed by atoms with Gasteiger partial charge in [0.2, 0.25) is 5.91 Å². The summed E-state index contributed by atoms with van der Waals surface area (Å²) in [7, 11) is 0. The molecule has 30 heavy (non-hydrogen) atoms. The van der Waals surface area contributed by atoms with Crippen molar-refractivity contribution in [3.8, 4) is 11.4 Å². The van der Waals surface area contributed by atoms with E-state index in [-0.39, 0.29) is 18.2 Å². The molecule has 0 saturated heterocycles. The number of anilines is 1. The number of benzene rings is 2. The van der Waals surface area contributed by atoms with Gasteiger partial charge in [0.1, 0.15) is 5.82 Å². The summed E-state index contributed by atoms with van der Waals surface area (Å²) in [5, 5.41) is 5.50. The number of carbonyl (C=O) groups excluding carboxylic acids is 2. The minimum atomic E-state index is -0.532. The third-order valence-electron chi connectivity index (χ3n) is 4.98. The van der Waals surface area contributed by atoms with Gasteiger partial charge in [-0.15, -0.1) is 0 Å². The zero-order chi connectivity index (χ0) is 21.1. The summed E-state index contributed by atoms with van der Waals surface area (Å²) in [5.74, 6) is -0.978. The van der Waals surface area contributed by atoms with E-state index >= 15 is 0 Å². The van der Waals surface area contributed by atoms with Crippen LogP contribution in [0.5, 0.6) is 0 Å². The van der Waals surface area contributed by atoms with Crippen molar-refractivity contribution in [1.29, 1.82) is 0 Å². The third kappa shape index (κ3) is 4.10. The monoisotopic (exact) mass is 402 g/mol. The van der Waals surface area contributed by atoms with Gasteiger partial charge in [-0.3, -0.25) is 9.59 Å². The second kappa shape index (κ2) is 8.24. The van der Waals surface area contributed by atoms with Gasteiger partial charge in [-0.2, -0.15) is 0 Å². The fourth-order valence-corrected chi connectivity index (χ4v) is 3.40. The Balaban J connectivity index is 1.63. The fourth-order valence-electron chi connectivity index (χ4n) is 3.40. The summed E-state index contributed by atoms with van der Waals surface area (Å²) in [4.78, 5) is 33.5. The number of hydrogen-bond acceptors (Lipinski definition) is 4. The summed E-state index contributed by atoms with van der Waals surface area (Å²) in [6.07, 6.45) is 4.77. The molecular weight excluding hydrogens is 383 g/mol. The van der Waals surface area contributed by atoms with Crippen LogP contribution < -0.4 is 10.6 Å². The molecule has 2 aromatic carbocycles. The topological polar surface area (TPSA) is 84.0 Å². The largest absolute Gasteiger partial charge is 0.332 e. The Morgan fingerprint density at radius 3 is 2.70 bits per heavy atom. The summed E-state index contributed by atoms with van der Waals surface area (Å²) in [6, 6.07) is 13.3. The van der Waals surface area contributed by atoms with Crippen molar-refractivity contribution in [3.63, 3.8) is 0 Å². The van der Waals surface area contributed by atoms with Gasteiger partial charge in [0.15, 0.2) is 5.82 Å². The van der Waals surface area contributed by atoms with Gasteiger partial charge in [-0.25, -0.2) is 14.4 Å². The summed E-state index contributed by atoms with van der Waals surface area (Å²) < 4.78 is 13.7. The standard InChI is InChI=1S/C23H19FN4O2/c1-14-6-7-16(22-25-8-3-9-26-22)11-20(14)28-23(30)19-13-27-21(29)12-18(19)15-4-2-5-17(24)10-15/h2-11,13,18H,12H2,1H3,(H,27,29)(H,28,30)/t18-/m0/s1. The van der Waals surface area contributed by atoms with E-state index < -0.39 is 11.7 Å². The maximum absolute atomic E-state index is 13.7. The van der Waals surface area contributed by atoms with Gasteiger partial charge in [0.25, 0.3) is 5.91 Å². The number of aryl methyl sites for hydroxylation is 1. The van der Waals surface area contributed by atoms with E-state index in [4.69, 9.17) is 0 Å². The highest BCUT2D eigenvalue weighted by Crippen LogP contribution is 2.32. The van der Waals surface area contributed by atoms with Crippen molar-refractivity contribution in [1.82, 2.24) is 15.3 Å². The van der Waals surface area contributed by atoms with Crippen LogP contribution in [0.4, 0.5) is 10.1 Å². The van der Waals surface area contributed by atoms with Crippen LogP contribution >= 0.6 is 0 Å². The van der Waals surface area contributed by atoms with Crippen molar-refractivity contribution in [2.75, 3.05) is 5.32 Å². The predicted octanol–water partition coefficient (Wildman–Crippen LogP) is 3.72. The van der Waals surface area contributed by atoms with E-state index in [2.05, 4.69) is 20.6 Å². The maximum atomic E-state index is 13.7. The molecular formula is C23H19FN4O2. The Morgan fingerprint density at radius 1 is 1.13 bits per heavy atom. The number of amides is 2. The number of carbonyl (C=O) groups is 2. The van der Waals surface area contributed by atoms with Crippen LogP contribution in [0.3, 0.4) is 0 Å². The van der Waals surface area contributed by atoms with Gasteiger partial charge >= 0.3 is 0 Å². The minimum absolute atomic E-state index is 0.0690. The Bertz CT molecular complexity index is 1140. The molecule has 2 N–H and O–H groups in total. The van der Waals surface area contributed by atoms with E-state index in [1.807, 2.05) is 25.1 Å². The lowest BCUT2D eigenvalue weighted by Crippen LogP contribution is -2.32. The third-order valence-corrected chi connectivity index (χ3v) is 4.98. The number of nitrogens with one attached hydrogen (secondary N) is 2. The van der Waals surface area contributed by atoms with E-state index in [1.165, 1.54) is 18.3 Å². The Labute approximate surface area is 172 Å². The molecule has 1 aromatic heterocycles. The van der Waals surface area contributed by atoms with E-state index in [0.29, 0.717) is 22.6 Å². The van der Waals surface area contributed by atoms with Crippen LogP contribution in [0.15, 0.2) is 72.7 Å². The predicted molar refractivity (Wildman–Crippen MR) is 111 cm³/mol. The van der Waals surface area contributed by atoms with Crippen molar-refractivity contribution < 1.29 is 14.0 Å². The van der Waals surface area contributed by atoms with Crippen molar-refractivity contribution in [3.05, 3.63) is 89.6 Å². The Hall–Kier alpha value is -3.87. The Morgan fingerprint density at radius 2 is 1.93 bits per heavy atom. The number of rotatable bonds is 4. The molecule has 6 nitrogen and oxygen atoms in total. The van der Waals surface area contributed by atoms with Crippen LogP contribution in [-0.2, 0) is 9.59 Å². The molecule has 3 aromatic rings. The lowest BCUT2D eigenvalue weighted by Gasteiger charge is -2.24. The highest BCUT2D eigenvalue weighted by Gasteiger charge is 2.29. The van der Waals surface area contributed by atoms with Gasteiger partial charge in [0.05, 0.1) is 0 Å². The fraction of sp³-hybridized carbons (Fsp3) is 0.130. The van der Waals surface area contributed by atoms with Gasteiger partial charge < -0.3 is 10.6 Å². The lowest BCUT2D eigenvalue weighted by molar-refractivity contribution is -0.121. The SMILES string of the molecule is Cc1ccc(-c2ncccn2)cc1NC(=O)C1=CNC(=O)C[C@H]1c1cccc(F)c1. The summed E-state index contributed by atoms with van der Waals surface area (Å²) in [6.45, 7) is 1.88. The molecule has 1 aliphatic heterocycles. The molecule has 7 heteroatoms. The van der Waals surface area contributed by atoms with Crippen molar-refractivity contribution in [2.45, 2.75) is 19.3 Å². The maximum Gasteiger partial charge on any atom is 0.253 e. The average Bonchev–Trinajstić information content (AvgIpc) is 2.76. The first-order valence-electron chi connectivity index (χ1n) is 9.45. The molecule has 0 fully saturated rings. The molecule has 2 amide bonds. The van der Waals surface area contributed by atoms with Crippen molar-refractivity contribution >= 4 is 17.5 Å². The highest BCUT2D eigenvalue weighted by molar-refractivity contribution is 6.07. The molecule has 0 bridgehead atoms. The number of hydrogen-bond donors (Lipinski definition) is 2. The van der Waals surface area contributed by atoms with E-state index in [1.54, 1.807) is 30.6 Å². The smallest absolute Gasteiger partial charge is 0.253 e. The normalized spacial score (nSPS) is 15.9. The molecule has 2 heterocycles. The van der Waals surface area contributed by atoms with E-state index in [9.17, 15) is 14.0 Å². The molecule has 0 aliphatic carbocycles. The lowest BCUT2D eigenvalue weighted by atomic mass is 9.86. The Kier molecular flexibility index (Phi) is 5.34. The molecule has 0 unspecified atom stereocenters. The second-order valence-electron chi connectivity index (χ2n) is 7.04. The van der Waals surface area contributed by atoms with Crippen molar-refractivity contribution in [2.24, 2.45) is 0 Å². The minimum Gasteiger partial charge on any atom is -0.332 e. The second-order valence-corrected chi connectivity index (χ2v) is 7.04. The molecule has 1 aliphatic rings. The summed E-state index contributed by atoms with van der Waals surface area (Å²) >= 11 is 0. The zero-order valence-corrected chi connectivity index (χ0v) is 16.2. The quantitative estimate of drug-likeness (QED) is 0.697. The first kappa shape index (κ1) is 19.4. The first-order chi connectivity index (χ1) is 14.5. The molecule has 1 atom stereocenters. The number of halogens is 1. The van der Waals surface area contributed by atoms with Crippen LogP contribution in [0.2, 0.25) is 0 Å². The molecule has 0 saturated carbocycles. The van der Waals surface area contributed by atoms with Crippen LogP contribution in [0, 0.1) is 12.7 Å². The highest BCUT2D eigenvalue weighted by atomic mass is 19.1. The van der Waals surface area contributed by atoms with Gasteiger partial charge in [0, 0.05) is 47.8 Å². The summed E-state index contributed by atoms with van der Waals surface area (Å²) in [5.41, 5.74) is 3.19. The molecule has 0 spiro atoms.